The number of hydrogen-bond acceptors (Lipinski definition) is 4. The summed E-state index contributed by atoms with van der Waals surface area (Å²) in [6.45, 7) is 2.33. The molecule has 0 saturated carbocycles. The van der Waals surface area contributed by atoms with Gasteiger partial charge in [-0.2, -0.15) is 0 Å². The van der Waals surface area contributed by atoms with Gasteiger partial charge in [-0.3, -0.25) is 9.78 Å². The van der Waals surface area contributed by atoms with E-state index in [0.717, 1.165) is 16.5 Å². The summed E-state index contributed by atoms with van der Waals surface area (Å²) in [5.74, 6) is 0.573. The number of aromatic nitrogens is 1. The van der Waals surface area contributed by atoms with Crippen LogP contribution in [0.4, 0.5) is 5.69 Å². The second-order valence-electron chi connectivity index (χ2n) is 4.98. The topological polar surface area (TPSA) is 64.4 Å². The molecule has 2 heterocycles. The molecular weight excluding hydrogens is 280 g/mol. The van der Waals surface area contributed by atoms with E-state index >= 15 is 0 Å². The number of rotatable bonds is 4. The zero-order chi connectivity index (χ0) is 15.5. The van der Waals surface area contributed by atoms with Crippen LogP contribution in [0.15, 0.2) is 47.0 Å². The molecule has 0 bridgehead atoms. The Balaban J connectivity index is 1.89. The van der Waals surface area contributed by atoms with E-state index in [-0.39, 0.29) is 11.7 Å². The standard InChI is InChI=1S/C17H16N2O3/c1-11-5-7-14(13-4-3-9-18-16(11)13)19-17(20)15-8-6-12(22-15)10-21-2/h3-9H,10H2,1-2H3,(H,19,20). The molecule has 112 valence electrons. The Hall–Kier alpha value is -2.66. The number of hydrogen-bond donors (Lipinski definition) is 1. The van der Waals surface area contributed by atoms with Crippen molar-refractivity contribution in [3.63, 3.8) is 0 Å². The molecule has 2 aromatic heterocycles. The van der Waals surface area contributed by atoms with Gasteiger partial charge in [-0.1, -0.05) is 6.07 Å². The third-order valence-electron chi connectivity index (χ3n) is 3.39. The Kier molecular flexibility index (Phi) is 3.89. The highest BCUT2D eigenvalue weighted by atomic mass is 16.5. The molecule has 0 aliphatic rings. The molecule has 5 nitrogen and oxygen atoms in total. The largest absolute Gasteiger partial charge is 0.453 e. The van der Waals surface area contributed by atoms with E-state index in [2.05, 4.69) is 10.3 Å². The molecule has 1 aromatic carbocycles. The van der Waals surface area contributed by atoms with Crippen LogP contribution >= 0.6 is 0 Å². The number of pyridine rings is 1. The predicted octanol–water partition coefficient (Wildman–Crippen LogP) is 3.53. The molecule has 0 spiro atoms. The van der Waals surface area contributed by atoms with E-state index in [1.165, 1.54) is 0 Å². The fraction of sp³-hybridized carbons (Fsp3) is 0.176. The molecule has 0 atom stereocenters. The van der Waals surface area contributed by atoms with Crippen molar-refractivity contribution in [2.75, 3.05) is 12.4 Å². The summed E-state index contributed by atoms with van der Waals surface area (Å²) in [5.41, 5.74) is 2.65. The van der Waals surface area contributed by atoms with Crippen LogP contribution in [0.25, 0.3) is 10.9 Å². The van der Waals surface area contributed by atoms with Gasteiger partial charge < -0.3 is 14.5 Å². The van der Waals surface area contributed by atoms with E-state index in [1.807, 2.05) is 31.2 Å². The maximum absolute atomic E-state index is 12.3. The number of carbonyl (C=O) groups is 1. The molecule has 0 aliphatic heterocycles. The van der Waals surface area contributed by atoms with Crippen molar-refractivity contribution in [1.29, 1.82) is 0 Å². The smallest absolute Gasteiger partial charge is 0.291 e. The quantitative estimate of drug-likeness (QED) is 0.800. The summed E-state index contributed by atoms with van der Waals surface area (Å²) in [6.07, 6.45) is 1.74. The summed E-state index contributed by atoms with van der Waals surface area (Å²) < 4.78 is 10.4. The van der Waals surface area contributed by atoms with Crippen LogP contribution in [0.5, 0.6) is 0 Å². The summed E-state index contributed by atoms with van der Waals surface area (Å²) >= 11 is 0. The van der Waals surface area contributed by atoms with Crippen LogP contribution in [-0.4, -0.2) is 18.0 Å². The van der Waals surface area contributed by atoms with E-state index in [1.54, 1.807) is 25.4 Å². The van der Waals surface area contributed by atoms with Gasteiger partial charge in [0.15, 0.2) is 5.76 Å². The average molecular weight is 296 g/mol. The Morgan fingerprint density at radius 3 is 2.95 bits per heavy atom. The fourth-order valence-corrected chi connectivity index (χ4v) is 2.33. The van der Waals surface area contributed by atoms with Crippen LogP contribution < -0.4 is 5.32 Å². The van der Waals surface area contributed by atoms with Crippen molar-refractivity contribution >= 4 is 22.5 Å². The van der Waals surface area contributed by atoms with Crippen molar-refractivity contribution in [3.05, 3.63) is 59.7 Å². The summed E-state index contributed by atoms with van der Waals surface area (Å²) in [7, 11) is 1.58. The number of carbonyl (C=O) groups excluding carboxylic acids is 1. The van der Waals surface area contributed by atoms with Crippen molar-refractivity contribution in [1.82, 2.24) is 4.98 Å². The van der Waals surface area contributed by atoms with Gasteiger partial charge in [-0.15, -0.1) is 0 Å². The molecule has 0 radical (unpaired) electrons. The Morgan fingerprint density at radius 1 is 1.27 bits per heavy atom. The zero-order valence-electron chi connectivity index (χ0n) is 12.4. The van der Waals surface area contributed by atoms with Crippen LogP contribution in [-0.2, 0) is 11.3 Å². The number of benzene rings is 1. The predicted molar refractivity (Wildman–Crippen MR) is 83.9 cm³/mol. The number of ether oxygens (including phenoxy) is 1. The van der Waals surface area contributed by atoms with Gasteiger partial charge in [0, 0.05) is 18.7 Å². The Bertz CT molecular complexity index is 824. The number of amides is 1. The van der Waals surface area contributed by atoms with Crippen LogP contribution in [0.2, 0.25) is 0 Å². The zero-order valence-corrected chi connectivity index (χ0v) is 12.4. The maximum Gasteiger partial charge on any atom is 0.291 e. The third kappa shape index (κ3) is 2.71. The first-order valence-corrected chi connectivity index (χ1v) is 6.92. The second-order valence-corrected chi connectivity index (χ2v) is 4.98. The number of methoxy groups -OCH3 is 1. The van der Waals surface area contributed by atoms with Gasteiger partial charge in [-0.05, 0) is 42.8 Å². The monoisotopic (exact) mass is 296 g/mol. The van der Waals surface area contributed by atoms with Gasteiger partial charge in [-0.25, -0.2) is 0 Å². The molecule has 0 unspecified atom stereocenters. The number of furan rings is 1. The second kappa shape index (κ2) is 5.99. The van der Waals surface area contributed by atoms with E-state index < -0.39 is 0 Å². The number of nitrogens with one attached hydrogen (secondary N) is 1. The number of nitrogens with zero attached hydrogens (tertiary/aromatic N) is 1. The lowest BCUT2D eigenvalue weighted by Crippen LogP contribution is -2.11. The van der Waals surface area contributed by atoms with Gasteiger partial charge >= 0.3 is 0 Å². The SMILES string of the molecule is COCc1ccc(C(=O)Nc2ccc(C)c3ncccc23)o1. The number of aryl methyl sites for hydroxylation is 1. The van der Waals surface area contributed by atoms with Gasteiger partial charge in [0.05, 0.1) is 11.2 Å². The maximum atomic E-state index is 12.3. The summed E-state index contributed by atoms with van der Waals surface area (Å²) in [5, 5.41) is 3.77. The number of anilines is 1. The summed E-state index contributed by atoms with van der Waals surface area (Å²) in [4.78, 5) is 16.7. The Morgan fingerprint density at radius 2 is 2.14 bits per heavy atom. The molecule has 1 amide bonds. The Labute approximate surface area is 127 Å². The minimum absolute atomic E-state index is 0.254. The molecule has 0 aliphatic carbocycles. The average Bonchev–Trinajstić information content (AvgIpc) is 2.99. The molecule has 0 fully saturated rings. The van der Waals surface area contributed by atoms with Gasteiger partial charge in [0.2, 0.25) is 0 Å². The van der Waals surface area contributed by atoms with Crippen LogP contribution in [0, 0.1) is 6.92 Å². The van der Waals surface area contributed by atoms with E-state index in [9.17, 15) is 4.79 Å². The molecule has 22 heavy (non-hydrogen) atoms. The molecule has 1 N–H and O–H groups in total. The van der Waals surface area contributed by atoms with Crippen molar-refractivity contribution in [2.45, 2.75) is 13.5 Å². The lowest BCUT2D eigenvalue weighted by molar-refractivity contribution is 0.0987. The lowest BCUT2D eigenvalue weighted by atomic mass is 10.1. The first-order valence-electron chi connectivity index (χ1n) is 6.92. The fourth-order valence-electron chi connectivity index (χ4n) is 2.33. The molecular formula is C17H16N2O3. The van der Waals surface area contributed by atoms with E-state index in [0.29, 0.717) is 18.1 Å². The molecule has 0 saturated heterocycles. The van der Waals surface area contributed by atoms with Crippen molar-refractivity contribution < 1.29 is 13.9 Å². The third-order valence-corrected chi connectivity index (χ3v) is 3.39. The lowest BCUT2D eigenvalue weighted by Gasteiger charge is -2.09. The highest BCUT2D eigenvalue weighted by Gasteiger charge is 2.13. The first kappa shape index (κ1) is 14.3. The minimum atomic E-state index is -0.295. The highest BCUT2D eigenvalue weighted by Crippen LogP contribution is 2.25. The van der Waals surface area contributed by atoms with Crippen LogP contribution in [0.1, 0.15) is 21.9 Å². The molecule has 3 aromatic rings. The molecule has 3 rings (SSSR count). The van der Waals surface area contributed by atoms with Crippen molar-refractivity contribution in [3.8, 4) is 0 Å². The normalized spacial score (nSPS) is 10.8. The minimum Gasteiger partial charge on any atom is -0.453 e. The summed E-state index contributed by atoms with van der Waals surface area (Å²) in [6, 6.07) is 11.0. The van der Waals surface area contributed by atoms with Crippen LogP contribution in [0.3, 0.4) is 0 Å². The van der Waals surface area contributed by atoms with Crippen molar-refractivity contribution in [2.24, 2.45) is 0 Å². The highest BCUT2D eigenvalue weighted by molar-refractivity contribution is 6.07. The van der Waals surface area contributed by atoms with Gasteiger partial charge in [0.25, 0.3) is 5.91 Å². The van der Waals surface area contributed by atoms with E-state index in [4.69, 9.17) is 9.15 Å². The van der Waals surface area contributed by atoms with Gasteiger partial charge in [0.1, 0.15) is 12.4 Å². The molecule has 5 heteroatoms. The first-order chi connectivity index (χ1) is 10.7. The number of fused-ring (bicyclic) bond motifs is 1.